The molecular formula is C20H46N6O2. The number of amides is 1. The van der Waals surface area contributed by atoms with E-state index in [1.165, 1.54) is 12.6 Å². The molecule has 1 amide bonds. The number of rotatable bonds is 6. The summed E-state index contributed by atoms with van der Waals surface area (Å²) in [4.78, 5) is 11.5. The number of hydrogen-bond acceptors (Lipinski definition) is 6. The van der Waals surface area contributed by atoms with Crippen molar-refractivity contribution in [2.24, 2.45) is 22.5 Å². The number of aryl methyl sites for hydroxylation is 1. The largest absolute Gasteiger partial charge is 0.400 e. The van der Waals surface area contributed by atoms with Gasteiger partial charge in [0.05, 0.1) is 6.54 Å². The summed E-state index contributed by atoms with van der Waals surface area (Å²) < 4.78 is 0. The molecule has 0 heterocycles. The van der Waals surface area contributed by atoms with Crippen molar-refractivity contribution in [2.45, 2.75) is 60.8 Å². The molecule has 0 spiro atoms. The van der Waals surface area contributed by atoms with Crippen molar-refractivity contribution in [3.8, 4) is 0 Å². The molecule has 0 aliphatic rings. The fraction of sp³-hybridized carbons (Fsp3) is 0.600. The first-order chi connectivity index (χ1) is 13.8. The molecule has 8 heteroatoms. The fourth-order valence-corrected chi connectivity index (χ4v) is 1.50. The van der Waals surface area contributed by atoms with Gasteiger partial charge in [0.25, 0.3) is 0 Å². The van der Waals surface area contributed by atoms with Gasteiger partial charge in [-0.3, -0.25) is 4.79 Å². The van der Waals surface area contributed by atoms with Crippen LogP contribution in [0.5, 0.6) is 0 Å². The molecule has 0 fully saturated rings. The standard InChI is InChI=1S/C12H19N5O.3C2H6.CH5N.CH4O/c13-16-11(17-14)9-15-12(18)8-4-7-10-5-2-1-3-6-10;5*1-2/h1-3,5-6H,4,7-9,13-14H2,(H,15,18)(H,16,17);3*1-2H3;2H2,1H3;2H,1H3. The maximum atomic E-state index is 11.5. The second-order valence-corrected chi connectivity index (χ2v) is 3.84. The summed E-state index contributed by atoms with van der Waals surface area (Å²) in [6.07, 6.45) is 2.17. The lowest BCUT2D eigenvalue weighted by Gasteiger charge is -2.06. The number of hydrogen-bond donors (Lipinski definition) is 6. The molecule has 1 rings (SSSR count). The number of carbonyl (C=O) groups excluding carboxylic acids is 1. The first-order valence-corrected chi connectivity index (χ1v) is 9.82. The second-order valence-electron chi connectivity index (χ2n) is 3.84. The average Bonchev–Trinajstić information content (AvgIpc) is 2.82. The third-order valence-electron chi connectivity index (χ3n) is 2.49. The van der Waals surface area contributed by atoms with Crippen LogP contribution in [0.2, 0.25) is 0 Å². The van der Waals surface area contributed by atoms with Crippen molar-refractivity contribution in [3.05, 3.63) is 35.9 Å². The highest BCUT2D eigenvalue weighted by atomic mass is 16.2. The molecule has 28 heavy (non-hydrogen) atoms. The van der Waals surface area contributed by atoms with E-state index >= 15 is 0 Å². The Labute approximate surface area is 172 Å². The number of aliphatic hydroxyl groups excluding tert-OH is 1. The third kappa shape index (κ3) is 28.6. The maximum Gasteiger partial charge on any atom is 0.220 e. The van der Waals surface area contributed by atoms with Gasteiger partial charge in [-0.15, -0.1) is 0 Å². The molecule has 0 saturated heterocycles. The summed E-state index contributed by atoms with van der Waals surface area (Å²) in [7, 11) is 2.50. The Bertz CT molecular complexity index is 401. The Kier molecular flexibility index (Phi) is 52.1. The van der Waals surface area contributed by atoms with Gasteiger partial charge in [0.2, 0.25) is 5.91 Å². The monoisotopic (exact) mass is 402 g/mol. The van der Waals surface area contributed by atoms with E-state index in [0.29, 0.717) is 12.3 Å². The number of amidine groups is 1. The molecule has 0 aliphatic heterocycles. The summed E-state index contributed by atoms with van der Waals surface area (Å²) in [6, 6.07) is 10.1. The van der Waals surface area contributed by atoms with Gasteiger partial charge < -0.3 is 27.4 Å². The predicted molar refractivity (Wildman–Crippen MR) is 124 cm³/mol. The SMILES string of the molecule is CC.CC.CC.CN.CO.N/N=C(/CNC(=O)CCCc1ccccc1)NN. The minimum atomic E-state index is -0.0395. The van der Waals surface area contributed by atoms with E-state index in [4.69, 9.17) is 16.8 Å². The molecule has 8 nitrogen and oxygen atoms in total. The Balaban J connectivity index is -0.000000153. The smallest absolute Gasteiger partial charge is 0.220 e. The molecule has 0 aliphatic carbocycles. The summed E-state index contributed by atoms with van der Waals surface area (Å²) in [5, 5.41) is 13.1. The number of aliphatic hydroxyl groups is 1. The van der Waals surface area contributed by atoms with E-state index in [0.717, 1.165) is 20.0 Å². The summed E-state index contributed by atoms with van der Waals surface area (Å²) in [6.45, 7) is 12.2. The van der Waals surface area contributed by atoms with Crippen LogP contribution in [0.25, 0.3) is 0 Å². The number of benzene rings is 1. The topological polar surface area (TPSA) is 152 Å². The summed E-state index contributed by atoms with van der Waals surface area (Å²) >= 11 is 0. The average molecular weight is 403 g/mol. The van der Waals surface area contributed by atoms with Crippen molar-refractivity contribution in [3.63, 3.8) is 0 Å². The normalized spacial score (nSPS) is 8.18. The number of carbonyl (C=O) groups is 1. The van der Waals surface area contributed by atoms with E-state index in [2.05, 4.69) is 33.7 Å². The van der Waals surface area contributed by atoms with Crippen LogP contribution in [0.4, 0.5) is 0 Å². The predicted octanol–water partition coefficient (Wildman–Crippen LogP) is 2.12. The zero-order chi connectivity index (χ0) is 23.2. The van der Waals surface area contributed by atoms with Crippen LogP contribution in [-0.4, -0.2) is 37.6 Å². The highest BCUT2D eigenvalue weighted by Gasteiger charge is 2.03. The quantitative estimate of drug-likeness (QED) is 0.185. The molecule has 1 aromatic carbocycles. The molecule has 0 saturated carbocycles. The first-order valence-electron chi connectivity index (χ1n) is 9.82. The van der Waals surface area contributed by atoms with Crippen LogP contribution >= 0.6 is 0 Å². The number of nitrogens with two attached hydrogens (primary N) is 3. The molecule has 0 unspecified atom stereocenters. The van der Waals surface area contributed by atoms with Crippen LogP contribution in [0, 0.1) is 0 Å². The third-order valence-corrected chi connectivity index (χ3v) is 2.49. The zero-order valence-electron chi connectivity index (χ0n) is 19.2. The number of nitrogens with one attached hydrogen (secondary N) is 2. The van der Waals surface area contributed by atoms with Crippen LogP contribution in [0.1, 0.15) is 59.9 Å². The van der Waals surface area contributed by atoms with Crippen molar-refractivity contribution in [2.75, 3.05) is 20.7 Å². The van der Waals surface area contributed by atoms with Crippen LogP contribution in [0.3, 0.4) is 0 Å². The Hall–Kier alpha value is -2.16. The Morgan fingerprint density at radius 3 is 1.86 bits per heavy atom. The number of hydrazone groups is 1. The summed E-state index contributed by atoms with van der Waals surface area (Å²) in [5.74, 6) is 10.5. The molecule has 0 bridgehead atoms. The van der Waals surface area contributed by atoms with Gasteiger partial charge in [0, 0.05) is 13.5 Å². The molecule has 168 valence electrons. The molecule has 0 aromatic heterocycles. The Morgan fingerprint density at radius 2 is 1.46 bits per heavy atom. The Morgan fingerprint density at radius 1 is 1.00 bits per heavy atom. The lowest BCUT2D eigenvalue weighted by Crippen LogP contribution is -2.41. The van der Waals surface area contributed by atoms with Crippen LogP contribution < -0.4 is 28.2 Å². The number of nitrogens with zero attached hydrogens (tertiary/aromatic N) is 1. The highest BCUT2D eigenvalue weighted by Crippen LogP contribution is 2.04. The minimum Gasteiger partial charge on any atom is -0.400 e. The van der Waals surface area contributed by atoms with Gasteiger partial charge in [-0.2, -0.15) is 5.10 Å². The van der Waals surface area contributed by atoms with Gasteiger partial charge in [-0.1, -0.05) is 71.9 Å². The molecule has 0 radical (unpaired) electrons. The van der Waals surface area contributed by atoms with Crippen LogP contribution in [-0.2, 0) is 11.2 Å². The summed E-state index contributed by atoms with van der Waals surface area (Å²) in [5.41, 5.74) is 8.03. The lowest BCUT2D eigenvalue weighted by atomic mass is 10.1. The van der Waals surface area contributed by atoms with Gasteiger partial charge in [-0.25, -0.2) is 5.84 Å². The van der Waals surface area contributed by atoms with Crippen molar-refractivity contribution < 1.29 is 9.90 Å². The second kappa shape index (κ2) is 39.8. The van der Waals surface area contributed by atoms with Crippen molar-refractivity contribution in [1.82, 2.24) is 10.7 Å². The van der Waals surface area contributed by atoms with Gasteiger partial charge in [0.1, 0.15) is 0 Å². The van der Waals surface area contributed by atoms with Gasteiger partial charge >= 0.3 is 0 Å². The van der Waals surface area contributed by atoms with E-state index < -0.39 is 0 Å². The van der Waals surface area contributed by atoms with E-state index in [1.54, 1.807) is 0 Å². The molecule has 9 N–H and O–H groups in total. The highest BCUT2D eigenvalue weighted by molar-refractivity contribution is 5.87. The van der Waals surface area contributed by atoms with E-state index in [1.807, 2.05) is 59.7 Å². The number of hydrazine groups is 1. The lowest BCUT2D eigenvalue weighted by molar-refractivity contribution is -0.120. The maximum absolute atomic E-state index is 11.5. The minimum absolute atomic E-state index is 0.0395. The zero-order valence-corrected chi connectivity index (χ0v) is 19.2. The van der Waals surface area contributed by atoms with Crippen LogP contribution in [0.15, 0.2) is 35.4 Å². The fourth-order valence-electron chi connectivity index (χ4n) is 1.50. The van der Waals surface area contributed by atoms with E-state index in [-0.39, 0.29) is 12.5 Å². The van der Waals surface area contributed by atoms with Gasteiger partial charge in [0.15, 0.2) is 5.84 Å². The molecule has 0 atom stereocenters. The van der Waals surface area contributed by atoms with Crippen molar-refractivity contribution in [1.29, 1.82) is 0 Å². The first kappa shape index (κ1) is 36.7. The van der Waals surface area contributed by atoms with E-state index in [9.17, 15) is 4.79 Å². The molecular weight excluding hydrogens is 356 g/mol. The van der Waals surface area contributed by atoms with Gasteiger partial charge in [-0.05, 0) is 25.5 Å². The van der Waals surface area contributed by atoms with Crippen molar-refractivity contribution >= 4 is 11.7 Å². The molecule has 1 aromatic rings.